The molecule has 3 rings (SSSR count). The number of halogens is 1. The quantitative estimate of drug-likeness (QED) is 0.743. The van der Waals surface area contributed by atoms with E-state index in [1.165, 1.54) is 32.4 Å². The lowest BCUT2D eigenvalue weighted by atomic mass is 10.1. The second kappa shape index (κ2) is 8.23. The third kappa shape index (κ3) is 4.88. The van der Waals surface area contributed by atoms with E-state index in [0.717, 1.165) is 12.3 Å². The molecule has 1 aliphatic rings. The summed E-state index contributed by atoms with van der Waals surface area (Å²) in [5.41, 5.74) is 0. The fourth-order valence-electron chi connectivity index (χ4n) is 2.78. The van der Waals surface area contributed by atoms with Crippen LogP contribution in [0.5, 0.6) is 17.2 Å². The number of hydrogen-bond donors (Lipinski definition) is 0. The number of likely N-dealkylation sites (tertiary alicyclic amines) is 1. The molecule has 0 atom stereocenters. The number of benzene rings is 2. The summed E-state index contributed by atoms with van der Waals surface area (Å²) < 4.78 is 11.9. The van der Waals surface area contributed by atoms with Crippen LogP contribution in [0, 0.1) is 0 Å². The molecule has 0 unspecified atom stereocenters. The molecule has 0 amide bonds. The molecule has 0 radical (unpaired) electrons. The highest BCUT2D eigenvalue weighted by Crippen LogP contribution is 2.32. The van der Waals surface area contributed by atoms with Crippen molar-refractivity contribution in [3.63, 3.8) is 0 Å². The molecule has 1 fully saturated rings. The van der Waals surface area contributed by atoms with Crippen LogP contribution in [0.25, 0.3) is 0 Å². The average Bonchev–Trinajstić information content (AvgIpc) is 2.57. The van der Waals surface area contributed by atoms with Crippen LogP contribution in [-0.2, 0) is 0 Å². The summed E-state index contributed by atoms with van der Waals surface area (Å²) in [6.45, 7) is 4.01. The SMILES string of the molecule is Clc1cccc(Oc2ccccc2OCCN2CCCCC2)c1. The Labute approximate surface area is 142 Å². The van der Waals surface area contributed by atoms with Crippen LogP contribution in [0.2, 0.25) is 5.02 Å². The van der Waals surface area contributed by atoms with Gasteiger partial charge in [0.25, 0.3) is 0 Å². The van der Waals surface area contributed by atoms with Crippen molar-refractivity contribution in [2.45, 2.75) is 19.3 Å². The van der Waals surface area contributed by atoms with Gasteiger partial charge in [0.2, 0.25) is 0 Å². The standard InChI is InChI=1S/C19H22ClNO2/c20-16-7-6-8-17(15-16)23-19-10-3-2-9-18(19)22-14-13-21-11-4-1-5-12-21/h2-3,6-10,15H,1,4-5,11-14H2. The van der Waals surface area contributed by atoms with Crippen LogP contribution in [0.4, 0.5) is 0 Å². The molecule has 23 heavy (non-hydrogen) atoms. The second-order valence-corrected chi connectivity index (χ2v) is 6.19. The molecule has 0 bridgehead atoms. The Morgan fingerprint density at radius 3 is 2.48 bits per heavy atom. The molecule has 1 aliphatic heterocycles. The summed E-state index contributed by atoms with van der Waals surface area (Å²) >= 11 is 6.00. The van der Waals surface area contributed by atoms with Crippen LogP contribution >= 0.6 is 11.6 Å². The van der Waals surface area contributed by atoms with Crippen molar-refractivity contribution in [1.82, 2.24) is 4.90 Å². The molecule has 1 saturated heterocycles. The van der Waals surface area contributed by atoms with Gasteiger partial charge in [-0.15, -0.1) is 0 Å². The average molecular weight is 332 g/mol. The van der Waals surface area contributed by atoms with Crippen molar-refractivity contribution in [3.8, 4) is 17.2 Å². The monoisotopic (exact) mass is 331 g/mol. The van der Waals surface area contributed by atoms with E-state index >= 15 is 0 Å². The van der Waals surface area contributed by atoms with Crippen molar-refractivity contribution >= 4 is 11.6 Å². The van der Waals surface area contributed by atoms with Gasteiger partial charge in [-0.1, -0.05) is 36.2 Å². The maximum atomic E-state index is 6.00. The highest BCUT2D eigenvalue weighted by Gasteiger charge is 2.11. The van der Waals surface area contributed by atoms with E-state index < -0.39 is 0 Å². The van der Waals surface area contributed by atoms with Crippen molar-refractivity contribution in [2.24, 2.45) is 0 Å². The van der Waals surface area contributed by atoms with Crippen molar-refractivity contribution in [3.05, 3.63) is 53.6 Å². The Morgan fingerprint density at radius 1 is 0.913 bits per heavy atom. The Morgan fingerprint density at radius 2 is 1.70 bits per heavy atom. The van der Waals surface area contributed by atoms with Gasteiger partial charge in [-0.25, -0.2) is 0 Å². The molecule has 2 aromatic carbocycles. The van der Waals surface area contributed by atoms with Gasteiger partial charge in [0.05, 0.1) is 0 Å². The molecular formula is C19H22ClNO2. The van der Waals surface area contributed by atoms with Crippen LogP contribution in [0.3, 0.4) is 0 Å². The maximum Gasteiger partial charge on any atom is 0.169 e. The normalized spacial score (nSPS) is 15.3. The number of para-hydroxylation sites is 2. The summed E-state index contributed by atoms with van der Waals surface area (Å²) in [4.78, 5) is 2.46. The molecule has 0 aromatic heterocycles. The van der Waals surface area contributed by atoms with E-state index in [9.17, 15) is 0 Å². The fourth-order valence-corrected chi connectivity index (χ4v) is 2.96. The number of hydrogen-bond acceptors (Lipinski definition) is 3. The third-order valence-corrected chi connectivity index (χ3v) is 4.22. The summed E-state index contributed by atoms with van der Waals surface area (Å²) in [7, 11) is 0. The van der Waals surface area contributed by atoms with Gasteiger partial charge >= 0.3 is 0 Å². The van der Waals surface area contributed by atoms with Crippen molar-refractivity contribution in [2.75, 3.05) is 26.2 Å². The van der Waals surface area contributed by atoms with Crippen molar-refractivity contribution in [1.29, 1.82) is 0 Å². The van der Waals surface area contributed by atoms with E-state index in [4.69, 9.17) is 21.1 Å². The van der Waals surface area contributed by atoms with E-state index in [2.05, 4.69) is 4.90 Å². The van der Waals surface area contributed by atoms with E-state index in [1.54, 1.807) is 6.07 Å². The fraction of sp³-hybridized carbons (Fsp3) is 0.368. The molecule has 122 valence electrons. The van der Waals surface area contributed by atoms with Gasteiger partial charge in [0.1, 0.15) is 12.4 Å². The molecule has 0 N–H and O–H groups in total. The van der Waals surface area contributed by atoms with Gasteiger partial charge in [-0.3, -0.25) is 4.90 Å². The predicted molar refractivity (Wildman–Crippen MR) is 93.8 cm³/mol. The number of ether oxygens (including phenoxy) is 2. The molecule has 1 heterocycles. The largest absolute Gasteiger partial charge is 0.488 e. The van der Waals surface area contributed by atoms with E-state index in [0.29, 0.717) is 23.1 Å². The first-order valence-electron chi connectivity index (χ1n) is 8.19. The first-order chi connectivity index (χ1) is 11.3. The summed E-state index contributed by atoms with van der Waals surface area (Å²) in [5, 5.41) is 0.658. The van der Waals surface area contributed by atoms with Crippen LogP contribution < -0.4 is 9.47 Å². The number of rotatable bonds is 6. The molecule has 0 spiro atoms. The Kier molecular flexibility index (Phi) is 5.78. The van der Waals surface area contributed by atoms with Gasteiger partial charge in [-0.2, -0.15) is 0 Å². The van der Waals surface area contributed by atoms with E-state index in [1.807, 2.05) is 42.5 Å². The molecule has 2 aromatic rings. The summed E-state index contributed by atoms with van der Waals surface area (Å²) in [5.74, 6) is 2.20. The van der Waals surface area contributed by atoms with Gasteiger partial charge in [-0.05, 0) is 56.3 Å². The lowest BCUT2D eigenvalue weighted by Crippen LogP contribution is -2.33. The number of nitrogens with zero attached hydrogens (tertiary/aromatic N) is 1. The minimum absolute atomic E-state index is 0.658. The summed E-state index contributed by atoms with van der Waals surface area (Å²) in [6.07, 6.45) is 3.95. The third-order valence-electron chi connectivity index (χ3n) is 3.99. The predicted octanol–water partition coefficient (Wildman–Crippen LogP) is 5.00. The topological polar surface area (TPSA) is 21.7 Å². The molecule has 0 aliphatic carbocycles. The minimum Gasteiger partial charge on any atom is -0.488 e. The zero-order chi connectivity index (χ0) is 15.9. The Balaban J connectivity index is 1.59. The Hall–Kier alpha value is -1.71. The molecule has 0 saturated carbocycles. The van der Waals surface area contributed by atoms with Crippen LogP contribution in [0.15, 0.2) is 48.5 Å². The highest BCUT2D eigenvalue weighted by molar-refractivity contribution is 6.30. The molecule has 4 heteroatoms. The van der Waals surface area contributed by atoms with Crippen LogP contribution in [-0.4, -0.2) is 31.1 Å². The zero-order valence-corrected chi connectivity index (χ0v) is 14.0. The van der Waals surface area contributed by atoms with Gasteiger partial charge < -0.3 is 9.47 Å². The number of piperidine rings is 1. The first-order valence-corrected chi connectivity index (χ1v) is 8.57. The smallest absolute Gasteiger partial charge is 0.169 e. The summed E-state index contributed by atoms with van der Waals surface area (Å²) in [6, 6.07) is 15.1. The van der Waals surface area contributed by atoms with Gasteiger partial charge in [0, 0.05) is 11.6 Å². The van der Waals surface area contributed by atoms with Gasteiger partial charge in [0.15, 0.2) is 11.5 Å². The Bertz CT molecular complexity index is 626. The van der Waals surface area contributed by atoms with E-state index in [-0.39, 0.29) is 0 Å². The van der Waals surface area contributed by atoms with Crippen molar-refractivity contribution < 1.29 is 9.47 Å². The lowest BCUT2D eigenvalue weighted by molar-refractivity contribution is 0.181. The lowest BCUT2D eigenvalue weighted by Gasteiger charge is -2.26. The molecular weight excluding hydrogens is 310 g/mol. The minimum atomic E-state index is 0.658. The first kappa shape index (κ1) is 16.2. The second-order valence-electron chi connectivity index (χ2n) is 5.76. The zero-order valence-electron chi connectivity index (χ0n) is 13.2. The van der Waals surface area contributed by atoms with Crippen LogP contribution in [0.1, 0.15) is 19.3 Å². The highest BCUT2D eigenvalue weighted by atomic mass is 35.5. The molecule has 3 nitrogen and oxygen atoms in total. The maximum absolute atomic E-state index is 6.00.